The van der Waals surface area contributed by atoms with Gasteiger partial charge in [0.05, 0.1) is 12.2 Å². The fraction of sp³-hybridized carbons (Fsp3) is 0.651. The van der Waals surface area contributed by atoms with Gasteiger partial charge in [-0.05, 0) is 51.4 Å². The van der Waals surface area contributed by atoms with Crippen LogP contribution in [0.15, 0.2) is 12.5 Å². The van der Waals surface area contributed by atoms with Gasteiger partial charge < -0.3 is 51.8 Å². The lowest BCUT2D eigenvalue weighted by atomic mass is 9.79. The van der Waals surface area contributed by atoms with Crippen LogP contribution in [0.3, 0.4) is 0 Å². The van der Waals surface area contributed by atoms with Gasteiger partial charge in [0.25, 0.3) is 0 Å². The molecule has 1 rings (SSSR count). The number of aromatic nitrogens is 2. The first-order valence-electron chi connectivity index (χ1n) is 21.7. The maximum Gasteiger partial charge on any atom is 0.326 e. The van der Waals surface area contributed by atoms with E-state index in [1.807, 2.05) is 0 Å². The Hall–Kier alpha value is -6.39. The van der Waals surface area contributed by atoms with Crippen LogP contribution >= 0.6 is 0 Å². The van der Waals surface area contributed by atoms with Crippen LogP contribution in [0.5, 0.6) is 0 Å². The van der Waals surface area contributed by atoms with E-state index >= 15 is 0 Å². The molecule has 0 fully saturated rings. The lowest BCUT2D eigenvalue weighted by Gasteiger charge is -2.23. The van der Waals surface area contributed by atoms with Gasteiger partial charge in [0.15, 0.2) is 5.78 Å². The van der Waals surface area contributed by atoms with E-state index in [0.717, 1.165) is 12.6 Å². The van der Waals surface area contributed by atoms with Crippen LogP contribution in [-0.4, -0.2) is 137 Å². The number of carbonyl (C=O) groups excluding carboxylic acids is 8. The Kier molecular flexibility index (Phi) is 26.1. The monoisotopic (exact) mass is 936 g/mol. The molecule has 0 radical (unpaired) electrons. The highest BCUT2D eigenvalue weighted by molar-refractivity contribution is 5.91. The summed E-state index contributed by atoms with van der Waals surface area (Å²) < 4.78 is 0. The van der Waals surface area contributed by atoms with E-state index in [0.29, 0.717) is 25.7 Å². The smallest absolute Gasteiger partial charge is 0.326 e. The third kappa shape index (κ3) is 24.1. The molecule has 10 N–H and O–H groups in total. The molecule has 0 unspecified atom stereocenters. The molecule has 0 aliphatic heterocycles. The van der Waals surface area contributed by atoms with E-state index < -0.39 is 140 Å². The lowest BCUT2D eigenvalue weighted by Crippen LogP contribution is -2.43. The predicted molar refractivity (Wildman–Crippen MR) is 229 cm³/mol. The quantitative estimate of drug-likeness (QED) is 0.0409. The van der Waals surface area contributed by atoms with Gasteiger partial charge in [-0.25, -0.2) is 19.4 Å². The van der Waals surface area contributed by atoms with E-state index in [4.69, 9.17) is 5.11 Å². The third-order valence-corrected chi connectivity index (χ3v) is 10.8. The van der Waals surface area contributed by atoms with Gasteiger partial charge in [-0.2, -0.15) is 0 Å². The second-order valence-electron chi connectivity index (χ2n) is 16.7. The van der Waals surface area contributed by atoms with E-state index in [-0.39, 0.29) is 63.1 Å². The molecule has 1 heterocycles. The number of hydrogen-bond donors (Lipinski definition) is 10. The van der Waals surface area contributed by atoms with Crippen LogP contribution in [0.1, 0.15) is 129 Å². The second kappa shape index (κ2) is 29.9. The number of amides is 4. The Bertz CT molecular complexity index is 1860. The van der Waals surface area contributed by atoms with Gasteiger partial charge in [-0.15, -0.1) is 0 Å². The summed E-state index contributed by atoms with van der Waals surface area (Å²) >= 11 is 0. The third-order valence-electron chi connectivity index (χ3n) is 10.8. The Balaban J connectivity index is 2.52. The summed E-state index contributed by atoms with van der Waals surface area (Å²) in [6.45, 7) is 3.88. The van der Waals surface area contributed by atoms with Crippen molar-refractivity contribution < 1.29 is 83.1 Å². The zero-order valence-corrected chi connectivity index (χ0v) is 37.6. The maximum absolute atomic E-state index is 13.0. The molecule has 0 bridgehead atoms. The van der Waals surface area contributed by atoms with Crippen LogP contribution in [0, 0.1) is 17.3 Å². The van der Waals surface area contributed by atoms with Crippen LogP contribution in [0.25, 0.3) is 0 Å². The van der Waals surface area contributed by atoms with Crippen LogP contribution in [0.4, 0.5) is 0 Å². The Morgan fingerprint density at radius 2 is 1.15 bits per heavy atom. The largest absolute Gasteiger partial charge is 0.481 e. The maximum atomic E-state index is 13.0. The van der Waals surface area contributed by atoms with Gasteiger partial charge in [-0.3, -0.25) is 43.2 Å². The highest BCUT2D eigenvalue weighted by Gasteiger charge is 2.32. The summed E-state index contributed by atoms with van der Waals surface area (Å²) in [4.78, 5) is 153. The number of aromatic amines is 1. The van der Waals surface area contributed by atoms with Crippen molar-refractivity contribution in [1.29, 1.82) is 0 Å². The molecular weight excluding hydrogens is 872 g/mol. The zero-order valence-electron chi connectivity index (χ0n) is 37.6. The average molecular weight is 937 g/mol. The van der Waals surface area contributed by atoms with Gasteiger partial charge in [-0.1, -0.05) is 20.3 Å². The number of aliphatic hydroxyl groups excluding tert-OH is 1. The predicted octanol–water partition coefficient (Wildman–Crippen LogP) is 0.650. The van der Waals surface area contributed by atoms with Crippen molar-refractivity contribution in [2.75, 3.05) is 13.2 Å². The molecule has 0 aliphatic carbocycles. The first kappa shape index (κ1) is 57.6. The SMILES string of the molecule is CC(=O)N[C@@H](CCC(=O)N[C@@H](CCC(=O)C[C@@H](CCC(=O)N[C@@H](CCC(=O)NCCCC[C@H](CCC(=O)C(C)(C)CC(=O)CCc1cnc[nH]1)C(=O)CO)C(=O)O)C(=O)O)C(=O)O)C(=O)O. The van der Waals surface area contributed by atoms with Crippen molar-refractivity contribution in [1.82, 2.24) is 31.2 Å². The van der Waals surface area contributed by atoms with Crippen molar-refractivity contribution in [2.45, 2.75) is 148 Å². The molecule has 23 nitrogen and oxygen atoms in total. The molecule has 0 saturated heterocycles. The number of unbranched alkanes of at least 4 members (excludes halogenated alkanes) is 1. The van der Waals surface area contributed by atoms with E-state index in [2.05, 4.69) is 31.2 Å². The number of aryl methyl sites for hydroxylation is 1. The van der Waals surface area contributed by atoms with Gasteiger partial charge in [0.2, 0.25) is 23.6 Å². The molecule has 368 valence electrons. The fourth-order valence-electron chi connectivity index (χ4n) is 6.85. The topological polar surface area (TPSA) is 383 Å². The zero-order chi connectivity index (χ0) is 50.0. The van der Waals surface area contributed by atoms with Crippen LogP contribution in [0.2, 0.25) is 0 Å². The van der Waals surface area contributed by atoms with Gasteiger partial charge in [0, 0.05) is 88.1 Å². The van der Waals surface area contributed by atoms with Crippen molar-refractivity contribution in [3.63, 3.8) is 0 Å². The number of carboxylic acid groups (broad SMARTS) is 4. The van der Waals surface area contributed by atoms with Crippen LogP contribution < -0.4 is 21.3 Å². The second-order valence-corrected chi connectivity index (χ2v) is 16.7. The minimum Gasteiger partial charge on any atom is -0.481 e. The highest BCUT2D eigenvalue weighted by Crippen LogP contribution is 2.28. The molecule has 1 aromatic rings. The van der Waals surface area contributed by atoms with Crippen molar-refractivity contribution in [3.05, 3.63) is 18.2 Å². The number of hydrogen-bond acceptors (Lipinski definition) is 14. The lowest BCUT2D eigenvalue weighted by molar-refractivity contribution is -0.145. The first-order chi connectivity index (χ1) is 30.9. The molecule has 0 aromatic carbocycles. The number of H-pyrrole nitrogens is 1. The summed E-state index contributed by atoms with van der Waals surface area (Å²) in [5.41, 5.74) is -0.139. The fourth-order valence-corrected chi connectivity index (χ4v) is 6.85. The molecule has 1 aromatic heterocycles. The molecule has 5 atom stereocenters. The number of aliphatic carboxylic acids is 4. The minimum atomic E-state index is -1.58. The molecular formula is C43H64N6O17. The molecule has 66 heavy (non-hydrogen) atoms. The van der Waals surface area contributed by atoms with Crippen LogP contribution in [-0.2, 0) is 64.0 Å². The standard InChI is InChI=1S/C43H64N6O17/c1-25(51)47-31(40(61)62)14-18-38(58)48-32(41(63)64)12-11-29(52)20-27(39(59)60)8-16-37(57)49-33(42(65)66)13-17-36(56)45-19-5-4-6-26(34(54)23-50)7-15-35(55)43(2,3)21-30(53)10-9-28-22-44-24-46-28/h22,24,26-27,31-33,50H,4-21,23H2,1-3H3,(H,44,46)(H,45,56)(H,47,51)(H,48,58)(H,49,57)(H,59,60)(H,61,62)(H,63,64)(H,65,66)/t26-,27-,31+,32+,33+/m1/s1. The van der Waals surface area contributed by atoms with Crippen molar-refractivity contribution in [2.24, 2.45) is 17.3 Å². The van der Waals surface area contributed by atoms with Crippen molar-refractivity contribution in [3.8, 4) is 0 Å². The number of carbonyl (C=O) groups is 12. The van der Waals surface area contributed by atoms with Gasteiger partial charge in [0.1, 0.15) is 42.1 Å². The summed E-state index contributed by atoms with van der Waals surface area (Å²) in [7, 11) is 0. The molecule has 0 aliphatic rings. The van der Waals surface area contributed by atoms with E-state index in [9.17, 15) is 78.0 Å². The number of aliphatic hydroxyl groups is 1. The Morgan fingerprint density at radius 1 is 0.621 bits per heavy atom. The number of Topliss-reactive ketones (excluding diaryl/α,β-unsaturated/α-hetero) is 4. The summed E-state index contributed by atoms with van der Waals surface area (Å²) in [6, 6.07) is -4.50. The number of ketones is 4. The Morgan fingerprint density at radius 3 is 1.67 bits per heavy atom. The minimum absolute atomic E-state index is 0.0301. The van der Waals surface area contributed by atoms with E-state index in [1.165, 1.54) is 6.33 Å². The summed E-state index contributed by atoms with van der Waals surface area (Å²) in [6.07, 6.45) is 1.38. The number of nitrogens with zero attached hydrogens (tertiary/aromatic N) is 1. The highest BCUT2D eigenvalue weighted by atomic mass is 16.4. The van der Waals surface area contributed by atoms with Gasteiger partial charge >= 0.3 is 23.9 Å². The summed E-state index contributed by atoms with van der Waals surface area (Å²) in [5, 5.41) is 56.5. The first-order valence-corrected chi connectivity index (χ1v) is 21.7. The molecule has 0 spiro atoms. The normalized spacial score (nSPS) is 13.5. The average Bonchev–Trinajstić information content (AvgIpc) is 3.77. The number of nitrogens with one attached hydrogen (secondary N) is 5. The molecule has 23 heteroatoms. The molecule has 4 amide bonds. The Labute approximate surface area is 381 Å². The number of carboxylic acids is 4. The van der Waals surface area contributed by atoms with Crippen molar-refractivity contribution >= 4 is 70.6 Å². The summed E-state index contributed by atoms with van der Waals surface area (Å²) in [5.74, 6) is -12.2. The van der Waals surface area contributed by atoms with E-state index in [1.54, 1.807) is 20.0 Å². The number of rotatable bonds is 37. The number of imidazole rings is 1. The molecule has 0 saturated carbocycles.